The van der Waals surface area contributed by atoms with Gasteiger partial charge in [0.15, 0.2) is 11.5 Å². The van der Waals surface area contributed by atoms with Crippen molar-refractivity contribution in [2.45, 2.75) is 25.7 Å². The second kappa shape index (κ2) is 5.76. The van der Waals surface area contributed by atoms with Crippen LogP contribution in [0, 0.1) is 5.82 Å². The number of ether oxygens (including phenoxy) is 2. The molecule has 1 aliphatic rings. The Morgan fingerprint density at radius 2 is 2.17 bits per heavy atom. The van der Waals surface area contributed by atoms with E-state index in [9.17, 15) is 4.39 Å². The molecular weight excluding hydrogens is 257 g/mol. The molecule has 3 nitrogen and oxygen atoms in total. The van der Waals surface area contributed by atoms with Gasteiger partial charge in [-0.1, -0.05) is 18.5 Å². The molecule has 0 saturated carbocycles. The van der Waals surface area contributed by atoms with Crippen LogP contribution in [0.2, 0.25) is 5.02 Å². The number of halogens is 2. The van der Waals surface area contributed by atoms with Crippen molar-refractivity contribution in [2.75, 3.05) is 19.8 Å². The van der Waals surface area contributed by atoms with E-state index in [1.807, 2.05) is 6.92 Å². The van der Waals surface area contributed by atoms with Crippen LogP contribution in [-0.2, 0) is 0 Å². The van der Waals surface area contributed by atoms with Crippen LogP contribution in [0.15, 0.2) is 6.07 Å². The van der Waals surface area contributed by atoms with E-state index in [1.165, 1.54) is 0 Å². The zero-order valence-corrected chi connectivity index (χ0v) is 11.1. The molecule has 0 aliphatic carbocycles. The Kier molecular flexibility index (Phi) is 4.30. The zero-order valence-electron chi connectivity index (χ0n) is 10.3. The number of nitrogens with two attached hydrogens (primary N) is 1. The average Bonchev–Trinajstić information content (AvgIpc) is 2.59. The summed E-state index contributed by atoms with van der Waals surface area (Å²) in [5, 5.41) is 0.00766. The van der Waals surface area contributed by atoms with Crippen molar-refractivity contribution in [3.63, 3.8) is 0 Å². The van der Waals surface area contributed by atoms with Crippen molar-refractivity contribution in [3.8, 4) is 11.5 Å². The zero-order chi connectivity index (χ0) is 13.1. The van der Waals surface area contributed by atoms with E-state index in [4.69, 9.17) is 26.8 Å². The third kappa shape index (κ3) is 2.54. The highest BCUT2D eigenvalue weighted by atomic mass is 35.5. The summed E-state index contributed by atoms with van der Waals surface area (Å²) in [6.07, 6.45) is 1.47. The molecule has 1 atom stereocenters. The lowest BCUT2D eigenvalue weighted by atomic mass is 9.96. The van der Waals surface area contributed by atoms with Crippen molar-refractivity contribution in [2.24, 2.45) is 5.73 Å². The minimum Gasteiger partial charge on any atom is -0.489 e. The number of hydrogen-bond acceptors (Lipinski definition) is 3. The first-order valence-electron chi connectivity index (χ1n) is 6.12. The fraction of sp³-hybridized carbons (Fsp3) is 0.538. The van der Waals surface area contributed by atoms with Crippen LogP contribution < -0.4 is 15.2 Å². The molecular formula is C13H17ClFNO2. The Morgan fingerprint density at radius 1 is 1.44 bits per heavy atom. The summed E-state index contributed by atoms with van der Waals surface area (Å²) in [5.41, 5.74) is 6.04. The van der Waals surface area contributed by atoms with Crippen molar-refractivity contribution < 1.29 is 13.9 Å². The van der Waals surface area contributed by atoms with Gasteiger partial charge in [-0.05, 0) is 30.5 Å². The number of rotatable bonds is 3. The van der Waals surface area contributed by atoms with E-state index in [0.29, 0.717) is 43.2 Å². The molecule has 0 aromatic heterocycles. The summed E-state index contributed by atoms with van der Waals surface area (Å²) >= 11 is 6.02. The third-order valence-corrected chi connectivity index (χ3v) is 3.42. The number of benzene rings is 1. The first-order chi connectivity index (χ1) is 8.65. The molecule has 1 aliphatic heterocycles. The average molecular weight is 274 g/mol. The van der Waals surface area contributed by atoms with Gasteiger partial charge in [-0.3, -0.25) is 0 Å². The molecule has 2 rings (SSSR count). The first kappa shape index (κ1) is 13.4. The smallest absolute Gasteiger partial charge is 0.182 e. The summed E-state index contributed by atoms with van der Waals surface area (Å²) in [7, 11) is 0. The molecule has 0 fully saturated rings. The number of fused-ring (bicyclic) bond motifs is 1. The maximum atomic E-state index is 14.2. The topological polar surface area (TPSA) is 44.5 Å². The highest BCUT2D eigenvalue weighted by Gasteiger charge is 2.23. The molecule has 0 bridgehead atoms. The molecule has 1 heterocycles. The molecule has 18 heavy (non-hydrogen) atoms. The van der Waals surface area contributed by atoms with E-state index in [1.54, 1.807) is 6.07 Å². The van der Waals surface area contributed by atoms with E-state index >= 15 is 0 Å². The van der Waals surface area contributed by atoms with Crippen molar-refractivity contribution in [1.82, 2.24) is 0 Å². The molecule has 1 aromatic rings. The van der Waals surface area contributed by atoms with Crippen LogP contribution in [0.5, 0.6) is 11.5 Å². The van der Waals surface area contributed by atoms with Crippen molar-refractivity contribution in [1.29, 1.82) is 0 Å². The van der Waals surface area contributed by atoms with Crippen LogP contribution in [0.25, 0.3) is 0 Å². The van der Waals surface area contributed by atoms with Gasteiger partial charge in [0.05, 0.1) is 13.2 Å². The normalized spacial score (nSPS) is 16.2. The van der Waals surface area contributed by atoms with Gasteiger partial charge in [0, 0.05) is 6.42 Å². The molecule has 0 saturated heterocycles. The van der Waals surface area contributed by atoms with E-state index in [2.05, 4.69) is 0 Å². The molecule has 100 valence electrons. The van der Waals surface area contributed by atoms with E-state index in [0.717, 1.165) is 6.42 Å². The summed E-state index contributed by atoms with van der Waals surface area (Å²) in [5.74, 6) is 0.416. The minimum absolute atomic E-state index is 0.00431. The van der Waals surface area contributed by atoms with Gasteiger partial charge < -0.3 is 15.2 Å². The van der Waals surface area contributed by atoms with E-state index < -0.39 is 5.82 Å². The predicted molar refractivity (Wildman–Crippen MR) is 69.1 cm³/mol. The van der Waals surface area contributed by atoms with Crippen LogP contribution >= 0.6 is 11.6 Å². The lowest BCUT2D eigenvalue weighted by molar-refractivity contribution is 0.296. The van der Waals surface area contributed by atoms with Gasteiger partial charge in [0.25, 0.3) is 0 Å². The van der Waals surface area contributed by atoms with Crippen LogP contribution in [0.4, 0.5) is 4.39 Å². The Morgan fingerprint density at radius 3 is 2.89 bits per heavy atom. The highest BCUT2D eigenvalue weighted by Crippen LogP contribution is 2.42. The second-order valence-electron chi connectivity index (χ2n) is 4.45. The molecule has 1 aromatic carbocycles. The van der Waals surface area contributed by atoms with Gasteiger partial charge in [-0.2, -0.15) is 0 Å². The third-order valence-electron chi connectivity index (χ3n) is 3.08. The molecule has 0 amide bonds. The quantitative estimate of drug-likeness (QED) is 0.920. The van der Waals surface area contributed by atoms with Gasteiger partial charge in [-0.15, -0.1) is 0 Å². The highest BCUT2D eigenvalue weighted by molar-refractivity contribution is 6.32. The summed E-state index contributed by atoms with van der Waals surface area (Å²) in [6, 6.07) is 1.68. The maximum absolute atomic E-state index is 14.2. The fourth-order valence-corrected chi connectivity index (χ4v) is 2.28. The minimum atomic E-state index is -0.429. The molecule has 1 unspecified atom stereocenters. The lowest BCUT2D eigenvalue weighted by Gasteiger charge is -2.17. The SMILES string of the molecule is CC(CCN)c1cc2c(c(Cl)c1F)OCCCO2. The van der Waals surface area contributed by atoms with E-state index in [-0.39, 0.29) is 10.9 Å². The van der Waals surface area contributed by atoms with Crippen molar-refractivity contribution in [3.05, 3.63) is 22.5 Å². The van der Waals surface area contributed by atoms with Crippen LogP contribution in [0.1, 0.15) is 31.2 Å². The van der Waals surface area contributed by atoms with Crippen LogP contribution in [-0.4, -0.2) is 19.8 Å². The summed E-state index contributed by atoms with van der Waals surface area (Å²) in [4.78, 5) is 0. The maximum Gasteiger partial charge on any atom is 0.182 e. The first-order valence-corrected chi connectivity index (χ1v) is 6.50. The van der Waals surface area contributed by atoms with Crippen molar-refractivity contribution >= 4 is 11.6 Å². The second-order valence-corrected chi connectivity index (χ2v) is 4.83. The Hall–Kier alpha value is -1.00. The molecule has 0 spiro atoms. The number of hydrogen-bond donors (Lipinski definition) is 1. The fourth-order valence-electron chi connectivity index (χ4n) is 2.03. The summed E-state index contributed by atoms with van der Waals surface area (Å²) in [6.45, 7) is 3.47. The molecule has 2 N–H and O–H groups in total. The Balaban J connectivity index is 2.43. The largest absolute Gasteiger partial charge is 0.489 e. The van der Waals surface area contributed by atoms with Crippen LogP contribution in [0.3, 0.4) is 0 Å². The van der Waals surface area contributed by atoms with Gasteiger partial charge >= 0.3 is 0 Å². The summed E-state index contributed by atoms with van der Waals surface area (Å²) < 4.78 is 25.2. The van der Waals surface area contributed by atoms with Gasteiger partial charge in [0.1, 0.15) is 10.8 Å². The van der Waals surface area contributed by atoms with Gasteiger partial charge in [0.2, 0.25) is 0 Å². The molecule has 0 radical (unpaired) electrons. The predicted octanol–water partition coefficient (Wildman–Crippen LogP) is 3.09. The van der Waals surface area contributed by atoms with Gasteiger partial charge in [-0.25, -0.2) is 4.39 Å². The lowest BCUT2D eigenvalue weighted by Crippen LogP contribution is -2.07. The Bertz CT molecular complexity index is 439. The standard InChI is InChI=1S/C13H17ClFNO2/c1-8(3-4-16)9-7-10-13(11(14)12(9)15)18-6-2-5-17-10/h7-8H,2-6,16H2,1H3. The monoisotopic (exact) mass is 273 g/mol. The molecule has 5 heteroatoms. The Labute approximate surface area is 111 Å².